The molecule has 0 saturated carbocycles. The zero-order valence-electron chi connectivity index (χ0n) is 18.4. The summed E-state index contributed by atoms with van der Waals surface area (Å²) in [6.45, 7) is 4.18. The van der Waals surface area contributed by atoms with Crippen molar-refractivity contribution >= 4 is 5.82 Å². The van der Waals surface area contributed by atoms with Gasteiger partial charge in [-0.05, 0) is 57.7 Å². The Labute approximate surface area is 185 Å². The number of alkyl halides is 1. The van der Waals surface area contributed by atoms with Crippen LogP contribution in [0.5, 0.6) is 5.75 Å². The Morgan fingerprint density at radius 3 is 2.75 bits per heavy atom. The van der Waals surface area contributed by atoms with Gasteiger partial charge in [0.15, 0.2) is 0 Å². The van der Waals surface area contributed by atoms with Crippen LogP contribution in [-0.2, 0) is 0 Å². The first-order chi connectivity index (χ1) is 15.3. The fraction of sp³-hybridized carbons (Fsp3) is 0.478. The van der Waals surface area contributed by atoms with Gasteiger partial charge in [0.1, 0.15) is 17.7 Å². The van der Waals surface area contributed by atoms with Gasteiger partial charge in [-0.3, -0.25) is 4.98 Å². The minimum Gasteiger partial charge on any atom is -0.507 e. The number of phenols is 1. The van der Waals surface area contributed by atoms with Crippen LogP contribution in [0.15, 0.2) is 41.4 Å². The zero-order valence-corrected chi connectivity index (χ0v) is 18.4. The molecule has 2 aromatic heterocycles. The van der Waals surface area contributed by atoms with Gasteiger partial charge in [-0.1, -0.05) is 0 Å². The summed E-state index contributed by atoms with van der Waals surface area (Å²) in [5, 5.41) is 21.5. The van der Waals surface area contributed by atoms with Crippen molar-refractivity contribution in [1.82, 2.24) is 25.5 Å². The fourth-order valence-corrected chi connectivity index (χ4v) is 5.34. The summed E-state index contributed by atoms with van der Waals surface area (Å²) in [5.74, 6) is 0.965. The topological polar surface area (TPSA) is 100 Å². The van der Waals surface area contributed by atoms with E-state index < -0.39 is 11.7 Å². The molecule has 32 heavy (non-hydrogen) atoms. The average Bonchev–Trinajstić information content (AvgIpc) is 3.31. The van der Waals surface area contributed by atoms with Gasteiger partial charge in [0.05, 0.1) is 24.1 Å². The predicted octanol–water partition coefficient (Wildman–Crippen LogP) is 3.74. The summed E-state index contributed by atoms with van der Waals surface area (Å²) in [5.41, 5.74) is 1.07. The molecular weight excluding hydrogens is 411 g/mol. The molecule has 168 valence electrons. The summed E-state index contributed by atoms with van der Waals surface area (Å²) in [4.78, 5) is 10.9. The lowest BCUT2D eigenvalue weighted by molar-refractivity contribution is 0.00197. The maximum Gasteiger partial charge on any atom is 0.247 e. The van der Waals surface area contributed by atoms with Crippen LogP contribution in [0.25, 0.3) is 22.7 Å². The molecule has 0 amide bonds. The standard InChI is InChI=1S/C23H27FN6O2/c1-22-7-4-8-23(2,29-22)20(24)17(10-22)30(3)19-12-25-16(11-26-19)15-6-5-14(9-18(15)31)21-28-27-13-32-21/h5-6,9,11-13,17,20,29,31H,4,7-8,10H2,1-3H3/t17-,20-,22-,23+/m1/s1. The zero-order chi connectivity index (χ0) is 22.5. The van der Waals surface area contributed by atoms with E-state index in [1.807, 2.05) is 18.9 Å². The molecule has 2 bridgehead atoms. The number of benzene rings is 1. The van der Waals surface area contributed by atoms with Crippen LogP contribution >= 0.6 is 0 Å². The molecule has 0 radical (unpaired) electrons. The Morgan fingerprint density at radius 2 is 2.06 bits per heavy atom. The number of halogens is 1. The number of phenolic OH excluding ortho intramolecular Hbond substituents is 1. The van der Waals surface area contributed by atoms with Crippen molar-refractivity contribution in [2.75, 3.05) is 11.9 Å². The van der Waals surface area contributed by atoms with Crippen molar-refractivity contribution in [3.05, 3.63) is 37.0 Å². The van der Waals surface area contributed by atoms with Gasteiger partial charge < -0.3 is 19.7 Å². The Balaban J connectivity index is 1.38. The van der Waals surface area contributed by atoms with Crippen LogP contribution < -0.4 is 10.2 Å². The number of hydrogen-bond donors (Lipinski definition) is 2. The van der Waals surface area contributed by atoms with Crippen LogP contribution in [0.1, 0.15) is 39.5 Å². The van der Waals surface area contributed by atoms with Crippen molar-refractivity contribution in [3.63, 3.8) is 0 Å². The van der Waals surface area contributed by atoms with E-state index >= 15 is 4.39 Å². The average molecular weight is 439 g/mol. The number of anilines is 1. The van der Waals surface area contributed by atoms with E-state index in [0.29, 0.717) is 35.0 Å². The Bertz CT molecular complexity index is 1110. The molecule has 4 atom stereocenters. The molecule has 1 aromatic carbocycles. The summed E-state index contributed by atoms with van der Waals surface area (Å²) in [6.07, 6.45) is 7.09. The first-order valence-electron chi connectivity index (χ1n) is 10.9. The molecular formula is C23H27FN6O2. The maximum absolute atomic E-state index is 15.6. The molecule has 2 aliphatic rings. The quantitative estimate of drug-likeness (QED) is 0.636. The van der Waals surface area contributed by atoms with Crippen molar-refractivity contribution in [2.24, 2.45) is 0 Å². The molecule has 2 aliphatic heterocycles. The third-order valence-corrected chi connectivity index (χ3v) is 7.00. The van der Waals surface area contributed by atoms with E-state index in [1.54, 1.807) is 30.6 Å². The highest BCUT2D eigenvalue weighted by Crippen LogP contribution is 2.43. The number of rotatable bonds is 4. The molecule has 2 N–H and O–H groups in total. The Hall–Kier alpha value is -3.07. The number of hydrogen-bond acceptors (Lipinski definition) is 8. The molecule has 5 rings (SSSR count). The molecule has 0 spiro atoms. The van der Waals surface area contributed by atoms with Crippen molar-refractivity contribution < 1.29 is 13.9 Å². The van der Waals surface area contributed by atoms with E-state index in [4.69, 9.17) is 4.42 Å². The van der Waals surface area contributed by atoms with Crippen LogP contribution in [-0.4, -0.2) is 55.6 Å². The van der Waals surface area contributed by atoms with Crippen LogP contribution in [0.4, 0.5) is 10.2 Å². The predicted molar refractivity (Wildman–Crippen MR) is 118 cm³/mol. The van der Waals surface area contributed by atoms with Crippen molar-refractivity contribution in [1.29, 1.82) is 0 Å². The molecule has 9 heteroatoms. The molecule has 0 unspecified atom stereocenters. The van der Waals surface area contributed by atoms with E-state index in [9.17, 15) is 5.11 Å². The smallest absolute Gasteiger partial charge is 0.247 e. The van der Waals surface area contributed by atoms with Gasteiger partial charge in [0.2, 0.25) is 12.3 Å². The summed E-state index contributed by atoms with van der Waals surface area (Å²) >= 11 is 0. The summed E-state index contributed by atoms with van der Waals surface area (Å²) < 4.78 is 20.7. The summed E-state index contributed by atoms with van der Waals surface area (Å²) in [7, 11) is 1.88. The largest absolute Gasteiger partial charge is 0.507 e. The van der Waals surface area contributed by atoms with Crippen molar-refractivity contribution in [3.8, 4) is 28.5 Å². The second kappa shape index (κ2) is 7.51. The lowest BCUT2D eigenvalue weighted by Gasteiger charge is -2.56. The lowest BCUT2D eigenvalue weighted by atomic mass is 9.68. The number of piperidine rings is 2. The van der Waals surface area contributed by atoms with E-state index in [0.717, 1.165) is 19.3 Å². The second-order valence-corrected chi connectivity index (χ2v) is 9.48. The third kappa shape index (κ3) is 3.50. The van der Waals surface area contributed by atoms with Crippen LogP contribution in [0.2, 0.25) is 0 Å². The first-order valence-corrected chi connectivity index (χ1v) is 10.9. The van der Waals surface area contributed by atoms with Gasteiger partial charge in [-0.15, -0.1) is 10.2 Å². The number of nitrogens with zero attached hydrogens (tertiary/aromatic N) is 5. The molecule has 2 saturated heterocycles. The Morgan fingerprint density at radius 1 is 1.22 bits per heavy atom. The van der Waals surface area contributed by atoms with Crippen LogP contribution in [0.3, 0.4) is 0 Å². The van der Waals surface area contributed by atoms with Gasteiger partial charge in [-0.25, -0.2) is 9.37 Å². The SMILES string of the molecule is CN(c1cnc(-c2ccc(-c3nnco3)cc2O)cn1)[C@@H]1C[C@@]2(C)CCC[C@](C)(N2)[C@@H]1F. The van der Waals surface area contributed by atoms with E-state index in [2.05, 4.69) is 32.4 Å². The molecule has 0 aliphatic carbocycles. The minimum atomic E-state index is -1.01. The maximum atomic E-state index is 15.6. The van der Waals surface area contributed by atoms with Crippen molar-refractivity contribution in [2.45, 2.75) is 62.8 Å². The van der Waals surface area contributed by atoms with Gasteiger partial charge in [0, 0.05) is 29.3 Å². The first kappa shape index (κ1) is 20.8. The number of aromatic hydroxyl groups is 1. The van der Waals surface area contributed by atoms with Crippen LogP contribution in [0, 0.1) is 0 Å². The number of fused-ring (bicyclic) bond motifs is 2. The number of aromatic nitrogens is 4. The highest BCUT2D eigenvalue weighted by Gasteiger charge is 2.53. The van der Waals surface area contributed by atoms with E-state index in [1.165, 1.54) is 6.39 Å². The monoisotopic (exact) mass is 438 g/mol. The summed E-state index contributed by atoms with van der Waals surface area (Å²) in [6, 6.07) is 4.77. The van der Waals surface area contributed by atoms with Gasteiger partial charge >= 0.3 is 0 Å². The minimum absolute atomic E-state index is 0.0342. The Kier molecular flexibility index (Phi) is 4.88. The van der Waals surface area contributed by atoms with E-state index in [-0.39, 0.29) is 17.3 Å². The van der Waals surface area contributed by atoms with Gasteiger partial charge in [-0.2, -0.15) is 0 Å². The molecule has 2 fully saturated rings. The molecule has 4 heterocycles. The third-order valence-electron chi connectivity index (χ3n) is 7.00. The molecule has 8 nitrogen and oxygen atoms in total. The van der Waals surface area contributed by atoms with Gasteiger partial charge in [0.25, 0.3) is 0 Å². The second-order valence-electron chi connectivity index (χ2n) is 9.48. The highest BCUT2D eigenvalue weighted by atomic mass is 19.1. The lowest BCUT2D eigenvalue weighted by Crippen LogP contribution is -2.72. The fourth-order valence-electron chi connectivity index (χ4n) is 5.34. The number of nitrogens with one attached hydrogen (secondary N) is 1. The normalized spacial score (nSPS) is 29.6. The molecule has 3 aromatic rings. The highest BCUT2D eigenvalue weighted by molar-refractivity contribution is 5.71.